The van der Waals surface area contributed by atoms with Crippen LogP contribution in [0.1, 0.15) is 43.6 Å². The summed E-state index contributed by atoms with van der Waals surface area (Å²) in [6.07, 6.45) is -2.95. The number of benzene rings is 3. The number of aromatic nitrogens is 2. The molecular formula is C27H25F3N2O4. The molecular weight excluding hydrogens is 473 g/mol. The van der Waals surface area contributed by atoms with Gasteiger partial charge in [0.15, 0.2) is 5.60 Å². The Labute approximate surface area is 205 Å². The highest BCUT2D eigenvalue weighted by Gasteiger charge is 2.30. The lowest BCUT2D eigenvalue weighted by molar-refractivity contribution is -0.152. The molecule has 188 valence electrons. The van der Waals surface area contributed by atoms with E-state index in [0.29, 0.717) is 22.7 Å². The average Bonchev–Trinajstić information content (AvgIpc) is 3.23. The van der Waals surface area contributed by atoms with Crippen molar-refractivity contribution in [2.24, 2.45) is 0 Å². The third kappa shape index (κ3) is 5.30. The predicted molar refractivity (Wildman–Crippen MR) is 129 cm³/mol. The van der Waals surface area contributed by atoms with Crippen LogP contribution in [0.3, 0.4) is 0 Å². The molecule has 1 heterocycles. The van der Waals surface area contributed by atoms with Crippen molar-refractivity contribution in [2.75, 3.05) is 0 Å². The minimum atomic E-state index is -4.39. The Bertz CT molecular complexity index is 1410. The Hall–Kier alpha value is -4.01. The molecule has 1 N–H and O–H groups in total. The number of hydrogen-bond acceptors (Lipinski definition) is 4. The average molecular weight is 499 g/mol. The van der Waals surface area contributed by atoms with E-state index in [1.54, 1.807) is 29.1 Å². The second-order valence-corrected chi connectivity index (χ2v) is 9.04. The number of carboxylic acid groups (broad SMARTS) is 1. The molecule has 0 bridgehead atoms. The van der Waals surface area contributed by atoms with Crippen molar-refractivity contribution < 1.29 is 32.5 Å². The van der Waals surface area contributed by atoms with E-state index in [1.165, 1.54) is 26.0 Å². The fourth-order valence-corrected chi connectivity index (χ4v) is 3.63. The molecule has 0 saturated heterocycles. The monoisotopic (exact) mass is 498 g/mol. The molecule has 0 radical (unpaired) electrons. The zero-order chi connectivity index (χ0) is 26.3. The van der Waals surface area contributed by atoms with Crippen molar-refractivity contribution in [3.05, 3.63) is 83.6 Å². The lowest BCUT2D eigenvalue weighted by atomic mass is 10.1. The lowest BCUT2D eigenvalue weighted by Crippen LogP contribution is -2.38. The SMILES string of the molecule is Cc1cc(OC(C)c2ccc3nn(-c4ccc(C(F)(F)F)cc4)cc3c2)ccc1OC(C)(C)C(=O)O. The molecule has 0 aliphatic carbocycles. The summed E-state index contributed by atoms with van der Waals surface area (Å²) in [5.41, 5.74) is 0.775. The molecule has 4 rings (SSSR count). The number of nitrogens with zero attached hydrogens (tertiary/aromatic N) is 2. The van der Waals surface area contributed by atoms with Gasteiger partial charge in [0.2, 0.25) is 0 Å². The largest absolute Gasteiger partial charge is 0.486 e. The third-order valence-electron chi connectivity index (χ3n) is 5.80. The molecule has 3 aromatic carbocycles. The highest BCUT2D eigenvalue weighted by molar-refractivity contribution is 5.79. The molecule has 36 heavy (non-hydrogen) atoms. The van der Waals surface area contributed by atoms with Gasteiger partial charge in [-0.2, -0.15) is 18.3 Å². The molecule has 1 unspecified atom stereocenters. The first-order valence-electron chi connectivity index (χ1n) is 11.2. The topological polar surface area (TPSA) is 73.6 Å². The summed E-state index contributed by atoms with van der Waals surface area (Å²) >= 11 is 0. The number of aryl methyl sites for hydroxylation is 1. The molecule has 4 aromatic rings. The van der Waals surface area contributed by atoms with Crippen LogP contribution in [0.25, 0.3) is 16.6 Å². The van der Waals surface area contributed by atoms with Gasteiger partial charge in [-0.1, -0.05) is 6.07 Å². The van der Waals surface area contributed by atoms with Gasteiger partial charge in [-0.25, -0.2) is 9.48 Å². The highest BCUT2D eigenvalue weighted by Crippen LogP contribution is 2.32. The van der Waals surface area contributed by atoms with Crippen LogP contribution in [0.15, 0.2) is 66.9 Å². The fourth-order valence-electron chi connectivity index (χ4n) is 3.63. The van der Waals surface area contributed by atoms with Crippen LogP contribution in [0.2, 0.25) is 0 Å². The highest BCUT2D eigenvalue weighted by atomic mass is 19.4. The van der Waals surface area contributed by atoms with Crippen LogP contribution in [0, 0.1) is 6.92 Å². The van der Waals surface area contributed by atoms with Crippen LogP contribution in [-0.2, 0) is 11.0 Å². The van der Waals surface area contributed by atoms with E-state index in [1.807, 2.05) is 32.0 Å². The molecule has 0 amide bonds. The predicted octanol–water partition coefficient (Wildman–Crippen LogP) is 6.73. The third-order valence-corrected chi connectivity index (χ3v) is 5.80. The minimum absolute atomic E-state index is 0.314. The first-order chi connectivity index (χ1) is 16.8. The summed E-state index contributed by atoms with van der Waals surface area (Å²) in [5, 5.41) is 14.6. The maximum Gasteiger partial charge on any atom is 0.416 e. The van der Waals surface area contributed by atoms with Gasteiger partial charge in [0.25, 0.3) is 0 Å². The number of carboxylic acids is 1. The molecule has 9 heteroatoms. The second-order valence-electron chi connectivity index (χ2n) is 9.04. The standard InChI is InChI=1S/C27H25F3N2O4/c1-16-13-22(10-12-24(16)36-26(3,4)25(33)34)35-17(2)18-5-11-23-19(14-18)15-32(31-23)21-8-6-20(7-9-21)27(28,29)30/h5-15,17H,1-4H3,(H,33,34). The van der Waals surface area contributed by atoms with Gasteiger partial charge >= 0.3 is 12.1 Å². The van der Waals surface area contributed by atoms with Gasteiger partial charge in [-0.3, -0.25) is 0 Å². The van der Waals surface area contributed by atoms with Gasteiger partial charge < -0.3 is 14.6 Å². The summed E-state index contributed by atoms with van der Waals surface area (Å²) in [6, 6.07) is 15.7. The number of halogens is 3. The number of alkyl halides is 3. The summed E-state index contributed by atoms with van der Waals surface area (Å²) in [7, 11) is 0. The Morgan fingerprint density at radius 3 is 2.33 bits per heavy atom. The van der Waals surface area contributed by atoms with Gasteiger partial charge in [0.1, 0.15) is 17.6 Å². The molecule has 0 spiro atoms. The summed E-state index contributed by atoms with van der Waals surface area (Å²) in [4.78, 5) is 11.3. The van der Waals surface area contributed by atoms with Crippen molar-refractivity contribution in [1.29, 1.82) is 0 Å². The molecule has 0 aliphatic rings. The van der Waals surface area contributed by atoms with E-state index < -0.39 is 23.3 Å². The number of rotatable bonds is 7. The van der Waals surface area contributed by atoms with Crippen LogP contribution in [0.4, 0.5) is 13.2 Å². The Balaban J connectivity index is 1.51. The molecule has 0 fully saturated rings. The van der Waals surface area contributed by atoms with E-state index >= 15 is 0 Å². The first kappa shape index (κ1) is 25.1. The molecule has 1 atom stereocenters. The molecule has 0 saturated carbocycles. The zero-order valence-corrected chi connectivity index (χ0v) is 20.1. The van der Waals surface area contributed by atoms with E-state index in [0.717, 1.165) is 28.6 Å². The Morgan fingerprint density at radius 2 is 1.72 bits per heavy atom. The van der Waals surface area contributed by atoms with E-state index in [-0.39, 0.29) is 6.10 Å². The minimum Gasteiger partial charge on any atom is -0.486 e. The van der Waals surface area contributed by atoms with Gasteiger partial charge in [0, 0.05) is 11.6 Å². The summed E-state index contributed by atoms with van der Waals surface area (Å²) in [5.74, 6) is -0.00610. The Morgan fingerprint density at radius 1 is 1.03 bits per heavy atom. The summed E-state index contributed by atoms with van der Waals surface area (Å²) in [6.45, 7) is 6.68. The quantitative estimate of drug-likeness (QED) is 0.306. The van der Waals surface area contributed by atoms with Crippen LogP contribution in [-0.4, -0.2) is 26.5 Å². The smallest absolute Gasteiger partial charge is 0.416 e. The molecule has 0 aliphatic heterocycles. The normalized spacial score (nSPS) is 13.0. The van der Waals surface area contributed by atoms with E-state index in [2.05, 4.69) is 5.10 Å². The van der Waals surface area contributed by atoms with Crippen LogP contribution in [0.5, 0.6) is 11.5 Å². The van der Waals surface area contributed by atoms with Crippen LogP contribution >= 0.6 is 0 Å². The molecule has 1 aromatic heterocycles. The number of fused-ring (bicyclic) bond motifs is 1. The van der Waals surface area contributed by atoms with E-state index in [9.17, 15) is 23.1 Å². The summed E-state index contributed by atoms with van der Waals surface area (Å²) < 4.78 is 51.8. The van der Waals surface area contributed by atoms with Gasteiger partial charge in [-0.05, 0) is 93.4 Å². The van der Waals surface area contributed by atoms with E-state index in [4.69, 9.17) is 9.47 Å². The van der Waals surface area contributed by atoms with Crippen molar-refractivity contribution >= 4 is 16.9 Å². The molecule has 6 nitrogen and oxygen atoms in total. The maximum absolute atomic E-state index is 12.8. The maximum atomic E-state index is 12.8. The lowest BCUT2D eigenvalue weighted by Gasteiger charge is -2.23. The van der Waals surface area contributed by atoms with Gasteiger partial charge in [-0.15, -0.1) is 0 Å². The number of carbonyl (C=O) groups is 1. The van der Waals surface area contributed by atoms with Crippen molar-refractivity contribution in [1.82, 2.24) is 9.78 Å². The fraction of sp³-hybridized carbons (Fsp3) is 0.259. The van der Waals surface area contributed by atoms with Crippen molar-refractivity contribution in [3.8, 4) is 17.2 Å². The van der Waals surface area contributed by atoms with Crippen molar-refractivity contribution in [2.45, 2.75) is 45.6 Å². The zero-order valence-electron chi connectivity index (χ0n) is 20.1. The van der Waals surface area contributed by atoms with Crippen molar-refractivity contribution in [3.63, 3.8) is 0 Å². The second kappa shape index (κ2) is 9.22. The number of hydrogen-bond donors (Lipinski definition) is 1. The van der Waals surface area contributed by atoms with Gasteiger partial charge in [0.05, 0.1) is 16.8 Å². The van der Waals surface area contributed by atoms with Crippen LogP contribution < -0.4 is 9.47 Å². The number of aliphatic carboxylic acids is 1. The first-order valence-corrected chi connectivity index (χ1v) is 11.2. The number of ether oxygens (including phenoxy) is 2. The Kier molecular flexibility index (Phi) is 6.43.